The van der Waals surface area contributed by atoms with Gasteiger partial charge in [-0.25, -0.2) is 4.79 Å². The van der Waals surface area contributed by atoms with Crippen LogP contribution in [0.4, 0.5) is 0 Å². The van der Waals surface area contributed by atoms with Crippen molar-refractivity contribution in [3.8, 4) is 0 Å². The van der Waals surface area contributed by atoms with Crippen molar-refractivity contribution in [1.29, 1.82) is 0 Å². The lowest BCUT2D eigenvalue weighted by molar-refractivity contribution is -0.192. The van der Waals surface area contributed by atoms with Gasteiger partial charge in [0.2, 0.25) is 5.91 Å². The fourth-order valence-corrected chi connectivity index (χ4v) is 1.40. The highest BCUT2D eigenvalue weighted by Crippen LogP contribution is 2.22. The summed E-state index contributed by atoms with van der Waals surface area (Å²) in [4.78, 5) is 23.2. The van der Waals surface area contributed by atoms with E-state index in [0.717, 1.165) is 0 Å². The Kier molecular flexibility index (Phi) is 7.60. The van der Waals surface area contributed by atoms with Crippen LogP contribution < -0.4 is 5.32 Å². The summed E-state index contributed by atoms with van der Waals surface area (Å²) in [6, 6.07) is 0. The van der Waals surface area contributed by atoms with Crippen molar-refractivity contribution in [1.82, 2.24) is 5.32 Å². The number of nitrogens with one attached hydrogen (secondary N) is 1. The third-order valence-electron chi connectivity index (χ3n) is 2.50. The lowest BCUT2D eigenvalue weighted by Crippen LogP contribution is -2.33. The minimum Gasteiger partial charge on any atom is -0.463 e. The average molecular weight is 301 g/mol. The Morgan fingerprint density at radius 2 is 1.81 bits per heavy atom. The first kappa shape index (κ1) is 19.6. The largest absolute Gasteiger partial charge is 0.463 e. The maximum Gasteiger partial charge on any atom is 0.335 e. The van der Waals surface area contributed by atoms with Crippen LogP contribution in [-0.4, -0.2) is 36.0 Å². The van der Waals surface area contributed by atoms with Gasteiger partial charge < -0.3 is 19.9 Å². The molecule has 6 heteroatoms. The molecule has 0 bridgehead atoms. The van der Waals surface area contributed by atoms with Crippen LogP contribution in [0.1, 0.15) is 48.0 Å². The number of aliphatic hydroxyl groups is 1. The molecule has 0 rings (SSSR count). The lowest BCUT2D eigenvalue weighted by Gasteiger charge is -2.28. The Labute approximate surface area is 126 Å². The highest BCUT2D eigenvalue weighted by atomic mass is 16.6. The molecule has 122 valence electrons. The number of rotatable bonds is 8. The summed E-state index contributed by atoms with van der Waals surface area (Å²) in [6.45, 7) is 10.6. The van der Waals surface area contributed by atoms with Crippen LogP contribution in [-0.2, 0) is 19.1 Å². The first-order chi connectivity index (χ1) is 9.47. The van der Waals surface area contributed by atoms with Gasteiger partial charge in [-0.05, 0) is 33.1 Å². The van der Waals surface area contributed by atoms with E-state index in [4.69, 9.17) is 9.47 Å². The van der Waals surface area contributed by atoms with E-state index in [1.165, 1.54) is 20.0 Å². The van der Waals surface area contributed by atoms with Crippen molar-refractivity contribution in [3.05, 3.63) is 11.8 Å². The molecule has 0 heterocycles. The van der Waals surface area contributed by atoms with E-state index in [-0.39, 0.29) is 18.9 Å². The van der Waals surface area contributed by atoms with Crippen molar-refractivity contribution >= 4 is 11.9 Å². The maximum atomic E-state index is 11.8. The molecular weight excluding hydrogens is 274 g/mol. The number of hydrogen-bond donors (Lipinski definition) is 2. The number of carbonyl (C=O) groups is 2. The molecule has 0 saturated carbocycles. The van der Waals surface area contributed by atoms with Gasteiger partial charge in [-0.15, -0.1) is 0 Å². The fourth-order valence-electron chi connectivity index (χ4n) is 1.40. The SMILES string of the molecule is CCOC(=O)/C(C)=C/NC(=O)CC(C)(C)COC(C)(C)O. The van der Waals surface area contributed by atoms with E-state index in [2.05, 4.69) is 5.32 Å². The second kappa shape index (κ2) is 8.14. The van der Waals surface area contributed by atoms with Crippen LogP contribution in [0.25, 0.3) is 0 Å². The first-order valence-corrected chi connectivity index (χ1v) is 6.96. The number of carbonyl (C=O) groups excluding carboxylic acids is 2. The van der Waals surface area contributed by atoms with E-state index in [1.54, 1.807) is 13.8 Å². The molecule has 0 aliphatic carbocycles. The van der Waals surface area contributed by atoms with Gasteiger partial charge in [0.1, 0.15) is 0 Å². The predicted molar refractivity (Wildman–Crippen MR) is 79.2 cm³/mol. The number of esters is 1. The summed E-state index contributed by atoms with van der Waals surface area (Å²) in [5.74, 6) is -1.92. The van der Waals surface area contributed by atoms with Crippen molar-refractivity contribution in [2.75, 3.05) is 13.2 Å². The molecular formula is C15H27NO5. The third kappa shape index (κ3) is 10.0. The van der Waals surface area contributed by atoms with Crippen molar-refractivity contribution in [3.63, 3.8) is 0 Å². The molecule has 0 unspecified atom stereocenters. The Morgan fingerprint density at radius 3 is 2.29 bits per heavy atom. The fraction of sp³-hybridized carbons (Fsp3) is 0.733. The summed E-state index contributed by atoms with van der Waals surface area (Å²) < 4.78 is 10.1. The van der Waals surface area contributed by atoms with E-state index >= 15 is 0 Å². The van der Waals surface area contributed by atoms with Gasteiger partial charge in [-0.1, -0.05) is 13.8 Å². The highest BCUT2D eigenvalue weighted by Gasteiger charge is 2.25. The van der Waals surface area contributed by atoms with Crippen LogP contribution in [0.2, 0.25) is 0 Å². The molecule has 0 saturated heterocycles. The van der Waals surface area contributed by atoms with Gasteiger partial charge in [0.05, 0.1) is 18.8 Å². The zero-order chi connectivity index (χ0) is 16.7. The second-order valence-electron chi connectivity index (χ2n) is 6.19. The van der Waals surface area contributed by atoms with Crippen LogP contribution in [0, 0.1) is 5.41 Å². The Morgan fingerprint density at radius 1 is 1.24 bits per heavy atom. The van der Waals surface area contributed by atoms with Gasteiger partial charge in [0, 0.05) is 12.6 Å². The minimum atomic E-state index is -1.23. The molecule has 0 aromatic carbocycles. The van der Waals surface area contributed by atoms with Crippen molar-refractivity contribution in [2.45, 2.75) is 53.8 Å². The van der Waals surface area contributed by atoms with Gasteiger partial charge in [-0.2, -0.15) is 0 Å². The Hall–Kier alpha value is -1.40. The monoisotopic (exact) mass is 301 g/mol. The molecule has 6 nitrogen and oxygen atoms in total. The molecule has 0 fully saturated rings. The molecule has 1 amide bonds. The predicted octanol–water partition coefficient (Wildman–Crippen LogP) is 1.73. The molecule has 0 spiro atoms. The lowest BCUT2D eigenvalue weighted by atomic mass is 9.90. The van der Waals surface area contributed by atoms with Crippen LogP contribution >= 0.6 is 0 Å². The van der Waals surface area contributed by atoms with E-state index in [1.807, 2.05) is 13.8 Å². The zero-order valence-electron chi connectivity index (χ0n) is 13.8. The van der Waals surface area contributed by atoms with Gasteiger partial charge in [0.25, 0.3) is 0 Å². The molecule has 0 radical (unpaired) electrons. The first-order valence-electron chi connectivity index (χ1n) is 6.96. The van der Waals surface area contributed by atoms with Gasteiger partial charge >= 0.3 is 5.97 Å². The van der Waals surface area contributed by atoms with Crippen molar-refractivity contribution < 1.29 is 24.2 Å². The average Bonchev–Trinajstić information content (AvgIpc) is 2.32. The minimum absolute atomic E-state index is 0.204. The quantitative estimate of drug-likeness (QED) is 0.405. The Balaban J connectivity index is 4.36. The maximum absolute atomic E-state index is 11.8. The zero-order valence-corrected chi connectivity index (χ0v) is 13.8. The highest BCUT2D eigenvalue weighted by molar-refractivity contribution is 5.88. The topological polar surface area (TPSA) is 84.9 Å². The van der Waals surface area contributed by atoms with Crippen molar-refractivity contribution in [2.24, 2.45) is 5.41 Å². The van der Waals surface area contributed by atoms with E-state index < -0.39 is 17.2 Å². The number of ether oxygens (including phenoxy) is 2. The molecule has 0 aromatic rings. The molecule has 0 atom stereocenters. The van der Waals surface area contributed by atoms with Gasteiger partial charge in [0.15, 0.2) is 5.79 Å². The molecule has 0 aliphatic rings. The molecule has 21 heavy (non-hydrogen) atoms. The molecule has 0 aromatic heterocycles. The summed E-state index contributed by atoms with van der Waals surface area (Å²) in [5, 5.41) is 12.1. The number of amides is 1. The Bertz CT molecular complexity index is 393. The van der Waals surface area contributed by atoms with E-state index in [9.17, 15) is 14.7 Å². The second-order valence-corrected chi connectivity index (χ2v) is 6.19. The van der Waals surface area contributed by atoms with Crippen LogP contribution in [0.15, 0.2) is 11.8 Å². The normalized spacial score (nSPS) is 13.0. The summed E-state index contributed by atoms with van der Waals surface area (Å²) >= 11 is 0. The molecule has 2 N–H and O–H groups in total. The van der Waals surface area contributed by atoms with Crippen LogP contribution in [0.5, 0.6) is 0 Å². The van der Waals surface area contributed by atoms with Crippen LogP contribution in [0.3, 0.4) is 0 Å². The smallest absolute Gasteiger partial charge is 0.335 e. The molecule has 0 aliphatic heterocycles. The van der Waals surface area contributed by atoms with Gasteiger partial charge in [-0.3, -0.25) is 4.79 Å². The summed E-state index contributed by atoms with van der Waals surface area (Å²) in [7, 11) is 0. The standard InChI is InChI=1S/C15H27NO5/c1-7-20-13(18)11(2)9-16-12(17)8-14(3,4)10-21-15(5,6)19/h9,19H,7-8,10H2,1-6H3,(H,16,17)/b11-9+. The van der Waals surface area contributed by atoms with E-state index in [0.29, 0.717) is 12.2 Å². The summed E-state index contributed by atoms with van der Waals surface area (Å²) in [5.41, 5.74) is -0.105. The number of hydrogen-bond acceptors (Lipinski definition) is 5. The third-order valence-corrected chi connectivity index (χ3v) is 2.50. The summed E-state index contributed by atoms with van der Waals surface area (Å²) in [6.07, 6.45) is 1.54.